The molecule has 4 rings (SSSR count). The summed E-state index contributed by atoms with van der Waals surface area (Å²) in [5.41, 5.74) is 2.54. The molecule has 26 heavy (non-hydrogen) atoms. The van der Waals surface area contributed by atoms with Crippen LogP contribution < -0.4 is 5.32 Å². The summed E-state index contributed by atoms with van der Waals surface area (Å²) in [6.07, 6.45) is 4.55. The molecule has 138 valence electrons. The van der Waals surface area contributed by atoms with Crippen LogP contribution in [0.4, 0.5) is 0 Å². The Morgan fingerprint density at radius 1 is 1.00 bits per heavy atom. The van der Waals surface area contributed by atoms with Gasteiger partial charge in [-0.1, -0.05) is 53.9 Å². The van der Waals surface area contributed by atoms with Crippen molar-refractivity contribution in [3.63, 3.8) is 0 Å². The van der Waals surface area contributed by atoms with Crippen LogP contribution >= 0.6 is 34.8 Å². The quantitative estimate of drug-likeness (QED) is 0.651. The average Bonchev–Trinajstić information content (AvgIpc) is 2.95. The SMILES string of the molecule is CC1CC(Cl)=CC(Cl)=C1C1CC2C(=O)NCC2CC1c1ccc(Cl)cc1. The van der Waals surface area contributed by atoms with Gasteiger partial charge in [0.25, 0.3) is 0 Å². The summed E-state index contributed by atoms with van der Waals surface area (Å²) in [6, 6.07) is 8.15. The highest BCUT2D eigenvalue weighted by atomic mass is 35.5. The maximum Gasteiger partial charge on any atom is 0.223 e. The van der Waals surface area contributed by atoms with Gasteiger partial charge in [0.1, 0.15) is 0 Å². The number of hydrogen-bond donors (Lipinski definition) is 1. The number of allylic oxidation sites excluding steroid dienone is 4. The van der Waals surface area contributed by atoms with Crippen molar-refractivity contribution in [1.82, 2.24) is 5.32 Å². The fraction of sp³-hybridized carbons (Fsp3) is 0.476. The lowest BCUT2D eigenvalue weighted by atomic mass is 9.62. The van der Waals surface area contributed by atoms with Crippen LogP contribution in [0.3, 0.4) is 0 Å². The van der Waals surface area contributed by atoms with Gasteiger partial charge in [0.2, 0.25) is 5.91 Å². The van der Waals surface area contributed by atoms with Crippen molar-refractivity contribution in [3.8, 4) is 0 Å². The van der Waals surface area contributed by atoms with Gasteiger partial charge in [-0.3, -0.25) is 4.79 Å². The van der Waals surface area contributed by atoms with E-state index < -0.39 is 0 Å². The number of nitrogens with one attached hydrogen (secondary N) is 1. The molecule has 1 aromatic carbocycles. The van der Waals surface area contributed by atoms with E-state index in [0.29, 0.717) is 17.8 Å². The van der Waals surface area contributed by atoms with Crippen LogP contribution in [0.25, 0.3) is 0 Å². The van der Waals surface area contributed by atoms with Gasteiger partial charge >= 0.3 is 0 Å². The summed E-state index contributed by atoms with van der Waals surface area (Å²) >= 11 is 19.0. The predicted molar refractivity (Wildman–Crippen MR) is 108 cm³/mol. The molecule has 1 saturated carbocycles. The third kappa shape index (κ3) is 3.32. The molecule has 5 atom stereocenters. The highest BCUT2D eigenvalue weighted by Crippen LogP contribution is 2.52. The second kappa shape index (κ2) is 7.22. The third-order valence-electron chi connectivity index (χ3n) is 6.28. The van der Waals surface area contributed by atoms with Crippen LogP contribution in [0.5, 0.6) is 0 Å². The molecule has 1 N–H and O–H groups in total. The van der Waals surface area contributed by atoms with E-state index >= 15 is 0 Å². The van der Waals surface area contributed by atoms with Crippen LogP contribution in [-0.2, 0) is 4.79 Å². The van der Waals surface area contributed by atoms with E-state index in [1.54, 1.807) is 0 Å². The van der Waals surface area contributed by atoms with Crippen LogP contribution in [0, 0.1) is 23.7 Å². The Morgan fingerprint density at radius 2 is 1.73 bits per heavy atom. The molecule has 1 saturated heterocycles. The molecule has 5 unspecified atom stereocenters. The average molecular weight is 411 g/mol. The number of halogens is 3. The van der Waals surface area contributed by atoms with Crippen LogP contribution in [0.2, 0.25) is 5.02 Å². The van der Waals surface area contributed by atoms with E-state index in [4.69, 9.17) is 34.8 Å². The van der Waals surface area contributed by atoms with Crippen molar-refractivity contribution in [1.29, 1.82) is 0 Å². The molecule has 5 heteroatoms. The molecular formula is C21H22Cl3NO. The van der Waals surface area contributed by atoms with Gasteiger partial charge in [0.15, 0.2) is 0 Å². The van der Waals surface area contributed by atoms with E-state index in [0.717, 1.165) is 40.9 Å². The highest BCUT2D eigenvalue weighted by Gasteiger charge is 2.46. The zero-order valence-electron chi connectivity index (χ0n) is 14.6. The van der Waals surface area contributed by atoms with Crippen molar-refractivity contribution in [2.24, 2.45) is 23.7 Å². The molecule has 3 aliphatic rings. The van der Waals surface area contributed by atoms with E-state index in [9.17, 15) is 4.79 Å². The zero-order chi connectivity index (χ0) is 18.4. The second-order valence-electron chi connectivity index (χ2n) is 7.85. The minimum Gasteiger partial charge on any atom is -0.356 e. The number of hydrogen-bond acceptors (Lipinski definition) is 1. The Morgan fingerprint density at radius 3 is 2.42 bits per heavy atom. The molecule has 0 radical (unpaired) electrons. The van der Waals surface area contributed by atoms with Gasteiger partial charge in [-0.15, -0.1) is 0 Å². The molecule has 0 bridgehead atoms. The van der Waals surface area contributed by atoms with Crippen LogP contribution in [0.15, 0.2) is 46.0 Å². The maximum absolute atomic E-state index is 12.3. The second-order valence-corrected chi connectivity index (χ2v) is 9.18. The molecular weight excluding hydrogens is 389 g/mol. The lowest BCUT2D eigenvalue weighted by molar-refractivity contribution is -0.124. The Bertz CT molecular complexity index is 783. The molecule has 1 aliphatic heterocycles. The molecule has 2 nitrogen and oxygen atoms in total. The summed E-state index contributed by atoms with van der Waals surface area (Å²) in [7, 11) is 0. The molecule has 0 aromatic heterocycles. The zero-order valence-corrected chi connectivity index (χ0v) is 16.9. The smallest absolute Gasteiger partial charge is 0.223 e. The van der Waals surface area contributed by atoms with Crippen molar-refractivity contribution >= 4 is 40.7 Å². The van der Waals surface area contributed by atoms with E-state index in [-0.39, 0.29) is 17.7 Å². The van der Waals surface area contributed by atoms with Gasteiger partial charge in [-0.05, 0) is 72.3 Å². The largest absolute Gasteiger partial charge is 0.356 e. The highest BCUT2D eigenvalue weighted by molar-refractivity contribution is 6.35. The first-order valence-electron chi connectivity index (χ1n) is 9.23. The monoisotopic (exact) mass is 409 g/mol. The molecule has 1 heterocycles. The van der Waals surface area contributed by atoms with Crippen molar-refractivity contribution in [2.75, 3.05) is 6.54 Å². The van der Waals surface area contributed by atoms with E-state index in [2.05, 4.69) is 24.4 Å². The van der Waals surface area contributed by atoms with Gasteiger partial charge < -0.3 is 5.32 Å². The minimum atomic E-state index is 0.0918. The van der Waals surface area contributed by atoms with Gasteiger partial charge in [-0.25, -0.2) is 0 Å². The first-order valence-corrected chi connectivity index (χ1v) is 10.4. The first kappa shape index (κ1) is 18.4. The van der Waals surface area contributed by atoms with Crippen LogP contribution in [0.1, 0.15) is 37.7 Å². The maximum atomic E-state index is 12.3. The normalized spacial score (nSPS) is 34.4. The Labute approximate surface area is 169 Å². The number of rotatable bonds is 2. The fourth-order valence-electron chi connectivity index (χ4n) is 5.08. The van der Waals surface area contributed by atoms with Crippen molar-refractivity contribution in [3.05, 3.63) is 56.6 Å². The number of amides is 1. The topological polar surface area (TPSA) is 29.1 Å². The summed E-state index contributed by atoms with van der Waals surface area (Å²) in [4.78, 5) is 12.3. The molecule has 1 aromatic rings. The number of fused-ring (bicyclic) bond motifs is 1. The summed E-state index contributed by atoms with van der Waals surface area (Å²) in [5.74, 6) is 1.58. The fourth-order valence-corrected chi connectivity index (χ4v) is 6.06. The van der Waals surface area contributed by atoms with E-state index in [1.165, 1.54) is 11.1 Å². The third-order valence-corrected chi connectivity index (χ3v) is 7.13. The van der Waals surface area contributed by atoms with E-state index in [1.807, 2.05) is 18.2 Å². The Balaban J connectivity index is 1.75. The van der Waals surface area contributed by atoms with Crippen molar-refractivity contribution < 1.29 is 4.79 Å². The summed E-state index contributed by atoms with van der Waals surface area (Å²) in [5, 5.41) is 5.36. The summed E-state index contributed by atoms with van der Waals surface area (Å²) in [6.45, 7) is 2.97. The molecule has 0 spiro atoms. The summed E-state index contributed by atoms with van der Waals surface area (Å²) < 4.78 is 0. The predicted octanol–water partition coefficient (Wildman–Crippen LogP) is 5.85. The molecule has 2 aliphatic carbocycles. The van der Waals surface area contributed by atoms with Crippen molar-refractivity contribution in [2.45, 2.75) is 32.1 Å². The molecule has 1 amide bonds. The molecule has 2 fully saturated rings. The van der Waals surface area contributed by atoms with Gasteiger partial charge in [0.05, 0.1) is 0 Å². The van der Waals surface area contributed by atoms with Gasteiger partial charge in [-0.2, -0.15) is 0 Å². The Hall–Kier alpha value is -0.960. The Kier molecular flexibility index (Phi) is 5.11. The number of carbonyl (C=O) groups excluding carboxylic acids is 1. The van der Waals surface area contributed by atoms with Crippen LogP contribution in [-0.4, -0.2) is 12.5 Å². The lowest BCUT2D eigenvalue weighted by Gasteiger charge is -2.41. The standard InChI is InChI=1S/C21H22Cl3NO/c1-11-6-15(23)8-19(24)20(11)18-9-17-13(10-25-21(17)26)7-16(18)12-2-4-14(22)5-3-12/h2-5,8,11,13,16-18H,6-7,9-10H2,1H3,(H,25,26). The lowest BCUT2D eigenvalue weighted by Crippen LogP contribution is -2.34. The van der Waals surface area contributed by atoms with Gasteiger partial charge in [0, 0.05) is 27.5 Å². The first-order chi connectivity index (χ1) is 12.4. The minimum absolute atomic E-state index is 0.0918. The number of benzene rings is 1. The number of carbonyl (C=O) groups is 1.